The topological polar surface area (TPSA) is 110 Å². The maximum absolute atomic E-state index is 12.2. The van der Waals surface area contributed by atoms with Gasteiger partial charge in [-0.15, -0.1) is 0 Å². The minimum atomic E-state index is -0.593. The molecule has 0 aliphatic rings. The Bertz CT molecular complexity index is 701. The number of benzene rings is 2. The zero-order valence-electron chi connectivity index (χ0n) is 12.9. The normalized spacial score (nSPS) is 11.8. The van der Waals surface area contributed by atoms with Gasteiger partial charge < -0.3 is 0 Å². The summed E-state index contributed by atoms with van der Waals surface area (Å²) in [5.74, 6) is 9.35. The van der Waals surface area contributed by atoms with Crippen LogP contribution in [-0.2, 0) is 9.59 Å². The predicted octanol–water partition coefficient (Wildman–Crippen LogP) is 1.13. The largest absolute Gasteiger partial charge is 0.290 e. The van der Waals surface area contributed by atoms with Crippen LogP contribution in [0.15, 0.2) is 71.8 Å². The molecule has 6 heteroatoms. The Labute approximate surface area is 139 Å². The van der Waals surface area contributed by atoms with Crippen LogP contribution in [0.5, 0.6) is 0 Å². The van der Waals surface area contributed by atoms with Gasteiger partial charge in [0.1, 0.15) is 0 Å². The molecule has 6 nitrogen and oxygen atoms in total. The van der Waals surface area contributed by atoms with Gasteiger partial charge in [-0.05, 0) is 23.3 Å². The molecule has 0 aliphatic carbocycles. The molecule has 0 aliphatic heterocycles. The molecule has 2 amide bonds. The fourth-order valence-corrected chi connectivity index (χ4v) is 2.12. The molecule has 0 heterocycles. The molecule has 24 heavy (non-hydrogen) atoms. The maximum atomic E-state index is 12.2. The van der Waals surface area contributed by atoms with Gasteiger partial charge in [0.05, 0.1) is 11.1 Å². The summed E-state index contributed by atoms with van der Waals surface area (Å²) >= 11 is 0. The number of amides is 2. The Morgan fingerprint density at radius 1 is 0.667 bits per heavy atom. The monoisotopic (exact) mass is 322 g/mol. The molecule has 0 bridgehead atoms. The number of hydrazine groups is 2. The van der Waals surface area contributed by atoms with E-state index in [0.29, 0.717) is 0 Å². The number of carbonyl (C=O) groups excluding carboxylic acids is 2. The molecule has 2 aromatic carbocycles. The van der Waals surface area contributed by atoms with Crippen LogP contribution in [0.3, 0.4) is 0 Å². The van der Waals surface area contributed by atoms with E-state index >= 15 is 0 Å². The van der Waals surface area contributed by atoms with Crippen LogP contribution in [0.4, 0.5) is 0 Å². The van der Waals surface area contributed by atoms with E-state index in [2.05, 4.69) is 10.9 Å². The molecule has 0 unspecified atom stereocenters. The van der Waals surface area contributed by atoms with Crippen LogP contribution < -0.4 is 22.5 Å². The molecule has 2 rings (SSSR count). The minimum absolute atomic E-state index is 0.107. The van der Waals surface area contributed by atoms with E-state index in [1.54, 1.807) is 12.2 Å². The van der Waals surface area contributed by atoms with Crippen LogP contribution in [0.1, 0.15) is 11.1 Å². The number of nitrogens with two attached hydrogens (primary N) is 2. The molecule has 0 radical (unpaired) electrons. The molecule has 6 N–H and O–H groups in total. The van der Waals surface area contributed by atoms with Crippen molar-refractivity contribution in [3.63, 3.8) is 0 Å². The minimum Gasteiger partial charge on any atom is -0.290 e. The standard InChI is InChI=1S/C18H18N4O2/c19-21-17(23)15(11-13-7-3-1-4-8-13)16(18(24)22-20)12-14-9-5-2-6-10-14/h1-12H,19-20H2,(H,21,23)(H,22,24). The lowest BCUT2D eigenvalue weighted by Crippen LogP contribution is -2.37. The van der Waals surface area contributed by atoms with Crippen LogP contribution in [0.2, 0.25) is 0 Å². The van der Waals surface area contributed by atoms with Crippen LogP contribution in [0, 0.1) is 0 Å². The van der Waals surface area contributed by atoms with Crippen molar-refractivity contribution < 1.29 is 9.59 Å². The van der Waals surface area contributed by atoms with Crippen LogP contribution >= 0.6 is 0 Å². The van der Waals surface area contributed by atoms with Gasteiger partial charge in [0.15, 0.2) is 0 Å². The highest BCUT2D eigenvalue weighted by molar-refractivity contribution is 6.15. The highest BCUT2D eigenvalue weighted by atomic mass is 16.2. The van der Waals surface area contributed by atoms with Gasteiger partial charge in [-0.25, -0.2) is 11.7 Å². The van der Waals surface area contributed by atoms with Crippen LogP contribution in [0.25, 0.3) is 12.2 Å². The first-order chi connectivity index (χ1) is 11.7. The van der Waals surface area contributed by atoms with Crippen molar-refractivity contribution >= 4 is 24.0 Å². The van der Waals surface area contributed by atoms with Gasteiger partial charge >= 0.3 is 0 Å². The summed E-state index contributed by atoms with van der Waals surface area (Å²) in [5, 5.41) is 0. The van der Waals surface area contributed by atoms with E-state index in [0.717, 1.165) is 11.1 Å². The molecule has 0 saturated carbocycles. The Balaban J connectivity index is 2.58. The lowest BCUT2D eigenvalue weighted by molar-refractivity contribution is -0.120. The molecular weight excluding hydrogens is 304 g/mol. The molecule has 0 spiro atoms. The summed E-state index contributed by atoms with van der Waals surface area (Å²) in [6.07, 6.45) is 3.15. The zero-order chi connectivity index (χ0) is 17.4. The first-order valence-electron chi connectivity index (χ1n) is 7.21. The smallest absolute Gasteiger partial charge is 0.266 e. The van der Waals surface area contributed by atoms with Gasteiger partial charge in [-0.3, -0.25) is 20.4 Å². The van der Waals surface area contributed by atoms with Crippen molar-refractivity contribution in [2.45, 2.75) is 0 Å². The van der Waals surface area contributed by atoms with Crippen molar-refractivity contribution in [3.05, 3.63) is 82.9 Å². The summed E-state index contributed by atoms with van der Waals surface area (Å²) in [6.45, 7) is 0. The third kappa shape index (κ3) is 4.39. The number of carbonyl (C=O) groups is 2. The van der Waals surface area contributed by atoms with Gasteiger partial charge in [-0.2, -0.15) is 0 Å². The Morgan fingerprint density at radius 3 is 1.29 bits per heavy atom. The van der Waals surface area contributed by atoms with Crippen molar-refractivity contribution in [3.8, 4) is 0 Å². The van der Waals surface area contributed by atoms with Gasteiger partial charge in [0.25, 0.3) is 11.8 Å². The third-order valence-electron chi connectivity index (χ3n) is 3.26. The van der Waals surface area contributed by atoms with E-state index in [9.17, 15) is 9.59 Å². The van der Waals surface area contributed by atoms with E-state index in [4.69, 9.17) is 11.7 Å². The molecule has 2 aromatic rings. The van der Waals surface area contributed by atoms with E-state index < -0.39 is 11.8 Å². The molecular formula is C18H18N4O2. The maximum Gasteiger partial charge on any atom is 0.266 e. The second kappa shape index (κ2) is 8.42. The highest BCUT2D eigenvalue weighted by Gasteiger charge is 2.20. The predicted molar refractivity (Wildman–Crippen MR) is 93.5 cm³/mol. The average molecular weight is 322 g/mol. The molecule has 0 fully saturated rings. The SMILES string of the molecule is NNC(=O)C(=Cc1ccccc1)C(=Cc1ccccc1)C(=O)NN. The van der Waals surface area contributed by atoms with Crippen molar-refractivity contribution in [1.82, 2.24) is 10.9 Å². The molecule has 0 saturated heterocycles. The lowest BCUT2D eigenvalue weighted by Gasteiger charge is -2.10. The van der Waals surface area contributed by atoms with Gasteiger partial charge in [0, 0.05) is 0 Å². The fourth-order valence-electron chi connectivity index (χ4n) is 2.12. The first kappa shape index (κ1) is 17.1. The van der Waals surface area contributed by atoms with Gasteiger partial charge in [-0.1, -0.05) is 60.7 Å². The van der Waals surface area contributed by atoms with Crippen LogP contribution in [-0.4, -0.2) is 11.8 Å². The molecule has 0 atom stereocenters. The molecule has 122 valence electrons. The second-order valence-corrected chi connectivity index (χ2v) is 4.88. The summed E-state index contributed by atoms with van der Waals surface area (Å²) in [7, 11) is 0. The Morgan fingerprint density at radius 2 is 1.00 bits per heavy atom. The fraction of sp³-hybridized carbons (Fsp3) is 0. The quantitative estimate of drug-likeness (QED) is 0.217. The number of hydrogen-bond donors (Lipinski definition) is 4. The Hall–Kier alpha value is -3.22. The number of hydrogen-bond acceptors (Lipinski definition) is 4. The second-order valence-electron chi connectivity index (χ2n) is 4.88. The third-order valence-corrected chi connectivity index (χ3v) is 3.26. The average Bonchev–Trinajstić information content (AvgIpc) is 2.65. The summed E-state index contributed by atoms with van der Waals surface area (Å²) < 4.78 is 0. The lowest BCUT2D eigenvalue weighted by atomic mass is 9.99. The number of rotatable bonds is 5. The van der Waals surface area contributed by atoms with Crippen molar-refractivity contribution in [1.29, 1.82) is 0 Å². The van der Waals surface area contributed by atoms with E-state index in [1.807, 2.05) is 60.7 Å². The zero-order valence-corrected chi connectivity index (χ0v) is 12.9. The van der Waals surface area contributed by atoms with Crippen molar-refractivity contribution in [2.75, 3.05) is 0 Å². The summed E-state index contributed by atoms with van der Waals surface area (Å²) in [6, 6.07) is 18.3. The Kier molecular flexibility index (Phi) is 6.01. The van der Waals surface area contributed by atoms with Gasteiger partial charge in [0.2, 0.25) is 0 Å². The summed E-state index contributed by atoms with van der Waals surface area (Å²) in [5.41, 5.74) is 5.84. The molecule has 0 aromatic heterocycles. The summed E-state index contributed by atoms with van der Waals surface area (Å²) in [4.78, 5) is 24.4. The highest BCUT2D eigenvalue weighted by Crippen LogP contribution is 2.19. The number of nitrogens with one attached hydrogen (secondary N) is 2. The van der Waals surface area contributed by atoms with E-state index in [1.165, 1.54) is 0 Å². The first-order valence-corrected chi connectivity index (χ1v) is 7.21. The van der Waals surface area contributed by atoms with Crippen molar-refractivity contribution in [2.24, 2.45) is 11.7 Å². The van der Waals surface area contributed by atoms with E-state index in [-0.39, 0.29) is 11.1 Å².